The molecule has 0 aliphatic carbocycles. The molecule has 2 saturated heterocycles. The minimum absolute atomic E-state index is 0.418. The number of rotatable bonds is 3. The van der Waals surface area contributed by atoms with Crippen molar-refractivity contribution in [3.8, 4) is 0 Å². The summed E-state index contributed by atoms with van der Waals surface area (Å²) in [7, 11) is 0. The molecule has 2 aliphatic heterocycles. The summed E-state index contributed by atoms with van der Waals surface area (Å²) in [6, 6.07) is 1.56. The van der Waals surface area contributed by atoms with Gasteiger partial charge in [0, 0.05) is 37.4 Å². The Balaban J connectivity index is 1.67. The normalized spacial score (nSPS) is 25.2. The highest BCUT2D eigenvalue weighted by Gasteiger charge is 2.31. The highest BCUT2D eigenvalue weighted by atomic mass is 15.4. The fraction of sp³-hybridized carbons (Fsp3) is 0.812. The zero-order chi connectivity index (χ0) is 15.0. The third-order valence-electron chi connectivity index (χ3n) is 4.93. The first-order chi connectivity index (χ1) is 10.0. The van der Waals surface area contributed by atoms with Gasteiger partial charge in [-0.05, 0) is 53.1 Å². The van der Waals surface area contributed by atoms with Crippen LogP contribution in [0.25, 0.3) is 0 Å². The SMILES string of the molecule is Cc1cn(C(C)C)c(N2CCC(N3CCC(N)CC3)C2)n1. The van der Waals surface area contributed by atoms with E-state index >= 15 is 0 Å². The molecule has 1 aromatic rings. The van der Waals surface area contributed by atoms with E-state index in [0.717, 1.165) is 50.7 Å². The second-order valence-electron chi connectivity index (χ2n) is 6.95. The van der Waals surface area contributed by atoms with E-state index in [1.54, 1.807) is 0 Å². The van der Waals surface area contributed by atoms with Crippen molar-refractivity contribution in [3.63, 3.8) is 0 Å². The van der Waals surface area contributed by atoms with Crippen molar-refractivity contribution in [1.29, 1.82) is 0 Å². The minimum Gasteiger partial charge on any atom is -0.341 e. The Morgan fingerprint density at radius 3 is 2.57 bits per heavy atom. The topological polar surface area (TPSA) is 50.3 Å². The Bertz CT molecular complexity index is 473. The summed E-state index contributed by atoms with van der Waals surface area (Å²) in [6.45, 7) is 11.1. The molecule has 0 bridgehead atoms. The first-order valence-corrected chi connectivity index (χ1v) is 8.34. The average molecular weight is 291 g/mol. The number of hydrogen-bond acceptors (Lipinski definition) is 4. The number of aromatic nitrogens is 2. The molecule has 0 radical (unpaired) electrons. The second-order valence-corrected chi connectivity index (χ2v) is 6.95. The van der Waals surface area contributed by atoms with Crippen molar-refractivity contribution in [2.45, 2.75) is 58.2 Å². The number of imidazole rings is 1. The predicted molar refractivity (Wildman–Crippen MR) is 86.7 cm³/mol. The van der Waals surface area contributed by atoms with E-state index in [4.69, 9.17) is 10.7 Å². The number of aryl methyl sites for hydroxylation is 1. The highest BCUT2D eigenvalue weighted by molar-refractivity contribution is 5.36. The molecule has 1 unspecified atom stereocenters. The zero-order valence-electron chi connectivity index (χ0n) is 13.6. The van der Waals surface area contributed by atoms with Gasteiger partial charge < -0.3 is 15.2 Å². The molecule has 2 N–H and O–H groups in total. The number of nitrogens with zero attached hydrogens (tertiary/aromatic N) is 4. The maximum atomic E-state index is 6.02. The predicted octanol–water partition coefficient (Wildman–Crippen LogP) is 1.77. The Kier molecular flexibility index (Phi) is 4.22. The number of anilines is 1. The standard InChI is InChI=1S/C16H29N5/c1-12(2)21-10-13(3)18-16(21)20-9-6-15(11-20)19-7-4-14(17)5-8-19/h10,12,14-15H,4-9,11,17H2,1-3H3. The average Bonchev–Trinajstić information content (AvgIpc) is 3.06. The van der Waals surface area contributed by atoms with Gasteiger partial charge in [0.05, 0.1) is 5.69 Å². The third-order valence-corrected chi connectivity index (χ3v) is 4.93. The van der Waals surface area contributed by atoms with Crippen molar-refractivity contribution in [2.75, 3.05) is 31.1 Å². The second kappa shape index (κ2) is 5.97. The lowest BCUT2D eigenvalue weighted by atomic mass is 10.0. The Labute approximate surface area is 128 Å². The maximum Gasteiger partial charge on any atom is 0.206 e. The van der Waals surface area contributed by atoms with Gasteiger partial charge in [-0.2, -0.15) is 0 Å². The molecule has 0 saturated carbocycles. The van der Waals surface area contributed by atoms with E-state index < -0.39 is 0 Å². The van der Waals surface area contributed by atoms with Gasteiger partial charge in [-0.3, -0.25) is 4.90 Å². The monoisotopic (exact) mass is 291 g/mol. The van der Waals surface area contributed by atoms with Gasteiger partial charge in [-0.25, -0.2) is 4.98 Å². The van der Waals surface area contributed by atoms with Crippen LogP contribution < -0.4 is 10.6 Å². The summed E-state index contributed by atoms with van der Waals surface area (Å²) in [6.07, 6.45) is 5.72. The van der Waals surface area contributed by atoms with Crippen LogP contribution >= 0.6 is 0 Å². The number of hydrogen-bond donors (Lipinski definition) is 1. The lowest BCUT2D eigenvalue weighted by Gasteiger charge is -2.34. The van der Waals surface area contributed by atoms with Gasteiger partial charge in [0.25, 0.3) is 0 Å². The van der Waals surface area contributed by atoms with Crippen LogP contribution in [0.3, 0.4) is 0 Å². The van der Waals surface area contributed by atoms with Crippen molar-refractivity contribution in [3.05, 3.63) is 11.9 Å². The number of piperidine rings is 1. The summed E-state index contributed by atoms with van der Waals surface area (Å²) in [5, 5.41) is 0. The molecule has 5 heteroatoms. The van der Waals surface area contributed by atoms with Crippen molar-refractivity contribution < 1.29 is 0 Å². The molecule has 3 heterocycles. The van der Waals surface area contributed by atoms with Gasteiger partial charge in [-0.15, -0.1) is 0 Å². The van der Waals surface area contributed by atoms with Crippen LogP contribution in [-0.2, 0) is 0 Å². The molecule has 0 aromatic carbocycles. The van der Waals surface area contributed by atoms with Crippen LogP contribution in [0.1, 0.15) is 44.8 Å². The van der Waals surface area contributed by atoms with Crippen LogP contribution in [0.5, 0.6) is 0 Å². The molecule has 118 valence electrons. The van der Waals surface area contributed by atoms with Crippen molar-refractivity contribution >= 4 is 5.95 Å². The molecule has 0 amide bonds. The molecular formula is C16H29N5. The van der Waals surface area contributed by atoms with Gasteiger partial charge in [0.15, 0.2) is 0 Å². The van der Waals surface area contributed by atoms with Crippen molar-refractivity contribution in [2.24, 2.45) is 5.73 Å². The molecule has 2 fully saturated rings. The van der Waals surface area contributed by atoms with Crippen LogP contribution in [0.15, 0.2) is 6.20 Å². The third kappa shape index (κ3) is 3.09. The maximum absolute atomic E-state index is 6.02. The summed E-state index contributed by atoms with van der Waals surface area (Å²) in [4.78, 5) is 9.86. The van der Waals surface area contributed by atoms with Gasteiger partial charge >= 0.3 is 0 Å². The fourth-order valence-electron chi connectivity index (χ4n) is 3.62. The van der Waals surface area contributed by atoms with Gasteiger partial charge in [-0.1, -0.05) is 0 Å². The van der Waals surface area contributed by atoms with E-state index in [0.29, 0.717) is 18.1 Å². The molecule has 2 aliphatic rings. The van der Waals surface area contributed by atoms with E-state index in [1.165, 1.54) is 6.42 Å². The molecule has 21 heavy (non-hydrogen) atoms. The van der Waals surface area contributed by atoms with Crippen LogP contribution in [0, 0.1) is 6.92 Å². The van der Waals surface area contributed by atoms with Crippen LogP contribution in [-0.4, -0.2) is 52.7 Å². The smallest absolute Gasteiger partial charge is 0.206 e. The quantitative estimate of drug-likeness (QED) is 0.922. The fourth-order valence-corrected chi connectivity index (χ4v) is 3.62. The zero-order valence-corrected chi connectivity index (χ0v) is 13.6. The number of likely N-dealkylation sites (tertiary alicyclic amines) is 1. The molecule has 1 aromatic heterocycles. The van der Waals surface area contributed by atoms with E-state index in [2.05, 4.69) is 41.3 Å². The molecule has 5 nitrogen and oxygen atoms in total. The highest BCUT2D eigenvalue weighted by Crippen LogP contribution is 2.26. The Hall–Kier alpha value is -1.07. The summed E-state index contributed by atoms with van der Waals surface area (Å²) < 4.78 is 2.31. The molecule has 1 atom stereocenters. The summed E-state index contributed by atoms with van der Waals surface area (Å²) in [5.74, 6) is 1.15. The Morgan fingerprint density at radius 1 is 1.19 bits per heavy atom. The summed E-state index contributed by atoms with van der Waals surface area (Å²) in [5.41, 5.74) is 7.14. The largest absolute Gasteiger partial charge is 0.341 e. The minimum atomic E-state index is 0.418. The van der Waals surface area contributed by atoms with E-state index in [1.807, 2.05) is 0 Å². The van der Waals surface area contributed by atoms with Crippen LogP contribution in [0.4, 0.5) is 5.95 Å². The molecule has 0 spiro atoms. The molecule has 3 rings (SSSR count). The summed E-state index contributed by atoms with van der Waals surface area (Å²) >= 11 is 0. The first-order valence-electron chi connectivity index (χ1n) is 8.34. The molecular weight excluding hydrogens is 262 g/mol. The van der Waals surface area contributed by atoms with E-state index in [9.17, 15) is 0 Å². The van der Waals surface area contributed by atoms with E-state index in [-0.39, 0.29) is 0 Å². The first kappa shape index (κ1) is 14.9. The van der Waals surface area contributed by atoms with Gasteiger partial charge in [0.2, 0.25) is 5.95 Å². The lowest BCUT2D eigenvalue weighted by molar-refractivity contribution is 0.163. The number of nitrogens with two attached hydrogens (primary N) is 1. The van der Waals surface area contributed by atoms with Gasteiger partial charge in [0.1, 0.15) is 0 Å². The lowest BCUT2D eigenvalue weighted by Crippen LogP contribution is -2.46. The van der Waals surface area contributed by atoms with Crippen LogP contribution in [0.2, 0.25) is 0 Å². The Morgan fingerprint density at radius 2 is 1.90 bits per heavy atom. The van der Waals surface area contributed by atoms with Crippen molar-refractivity contribution in [1.82, 2.24) is 14.5 Å².